The van der Waals surface area contributed by atoms with Gasteiger partial charge in [-0.25, -0.2) is 4.98 Å². The van der Waals surface area contributed by atoms with Gasteiger partial charge in [-0.3, -0.25) is 0 Å². The third kappa shape index (κ3) is 5.20. The van der Waals surface area contributed by atoms with Crippen LogP contribution in [0.2, 0.25) is 0 Å². The average Bonchev–Trinajstić information content (AvgIpc) is 2.63. The van der Waals surface area contributed by atoms with Crippen molar-refractivity contribution in [3.63, 3.8) is 0 Å². The quantitative estimate of drug-likeness (QED) is 0.582. The Balaban J connectivity index is 1.80. The van der Waals surface area contributed by atoms with E-state index in [1.165, 1.54) is 5.56 Å². The molecule has 0 aliphatic rings. The van der Waals surface area contributed by atoms with Crippen molar-refractivity contribution < 1.29 is 4.74 Å². The van der Waals surface area contributed by atoms with Gasteiger partial charge in [0.1, 0.15) is 11.6 Å². The van der Waals surface area contributed by atoms with E-state index in [0.29, 0.717) is 5.95 Å². The van der Waals surface area contributed by atoms with Gasteiger partial charge in [-0.1, -0.05) is 42.5 Å². The lowest BCUT2D eigenvalue weighted by atomic mass is 10.1. The molecule has 1 unspecified atom stereocenters. The summed E-state index contributed by atoms with van der Waals surface area (Å²) in [5.41, 5.74) is 2.96. The Morgan fingerprint density at radius 2 is 1.59 bits per heavy atom. The molecule has 0 saturated carbocycles. The number of rotatable bonds is 7. The first kappa shape index (κ1) is 18.7. The van der Waals surface area contributed by atoms with Crippen LogP contribution in [-0.4, -0.2) is 16.1 Å². The van der Waals surface area contributed by atoms with Gasteiger partial charge in [0.2, 0.25) is 5.95 Å². The van der Waals surface area contributed by atoms with E-state index in [9.17, 15) is 0 Å². The summed E-state index contributed by atoms with van der Waals surface area (Å²) in [6.45, 7) is 8.08. The van der Waals surface area contributed by atoms with Crippen LogP contribution >= 0.6 is 0 Å². The Labute approximate surface area is 160 Å². The molecule has 0 aliphatic heterocycles. The molecular weight excluding hydrogens is 336 g/mol. The maximum atomic E-state index is 5.88. The summed E-state index contributed by atoms with van der Waals surface area (Å²) < 4.78 is 5.88. The largest absolute Gasteiger partial charge is 0.489 e. The molecule has 0 bridgehead atoms. The average molecular weight is 362 g/mol. The summed E-state index contributed by atoms with van der Waals surface area (Å²) in [6, 6.07) is 20.1. The second-order valence-electron chi connectivity index (χ2n) is 6.78. The minimum absolute atomic E-state index is 0.101. The molecule has 140 valence electrons. The van der Waals surface area contributed by atoms with Crippen LogP contribution < -0.4 is 15.4 Å². The van der Waals surface area contributed by atoms with E-state index in [-0.39, 0.29) is 12.1 Å². The molecule has 1 aromatic heterocycles. The van der Waals surface area contributed by atoms with E-state index in [1.54, 1.807) is 0 Å². The number of para-hydroxylation sites is 2. The summed E-state index contributed by atoms with van der Waals surface area (Å²) in [5.74, 6) is 2.12. The van der Waals surface area contributed by atoms with Crippen molar-refractivity contribution in [2.45, 2.75) is 39.8 Å². The molecule has 2 N–H and O–H groups in total. The molecule has 3 aromatic rings. The van der Waals surface area contributed by atoms with Crippen molar-refractivity contribution in [3.8, 4) is 5.75 Å². The molecule has 0 aliphatic carbocycles. The maximum absolute atomic E-state index is 5.88. The molecule has 0 saturated heterocycles. The van der Waals surface area contributed by atoms with E-state index in [2.05, 4.69) is 39.7 Å². The van der Waals surface area contributed by atoms with Gasteiger partial charge in [0.05, 0.1) is 17.8 Å². The predicted molar refractivity (Wildman–Crippen MR) is 111 cm³/mol. The zero-order chi connectivity index (χ0) is 19.2. The van der Waals surface area contributed by atoms with Crippen molar-refractivity contribution in [2.24, 2.45) is 0 Å². The van der Waals surface area contributed by atoms with Crippen molar-refractivity contribution in [1.29, 1.82) is 0 Å². The fourth-order valence-electron chi connectivity index (χ4n) is 2.78. The van der Waals surface area contributed by atoms with Gasteiger partial charge >= 0.3 is 0 Å². The standard InChI is InChI=1S/C22H26N4O/c1-15(2)27-20-13-9-8-12-19(20)25-21-14-16(3)23-22(26-21)24-17(4)18-10-6-5-7-11-18/h5-15,17H,1-4H3,(H2,23,24,25,26). The third-order valence-electron chi connectivity index (χ3n) is 4.01. The number of ether oxygens (including phenoxy) is 1. The highest BCUT2D eigenvalue weighted by Crippen LogP contribution is 2.28. The Kier molecular flexibility index (Phi) is 5.91. The lowest BCUT2D eigenvalue weighted by molar-refractivity contribution is 0.244. The molecule has 0 amide bonds. The van der Waals surface area contributed by atoms with Gasteiger partial charge in [-0.15, -0.1) is 0 Å². The normalized spacial score (nSPS) is 11.9. The fourth-order valence-corrected chi connectivity index (χ4v) is 2.78. The fraction of sp³-hybridized carbons (Fsp3) is 0.273. The van der Waals surface area contributed by atoms with Gasteiger partial charge in [0, 0.05) is 11.8 Å². The van der Waals surface area contributed by atoms with Crippen molar-refractivity contribution in [2.75, 3.05) is 10.6 Å². The molecule has 1 heterocycles. The van der Waals surface area contributed by atoms with Gasteiger partial charge < -0.3 is 15.4 Å². The first-order valence-corrected chi connectivity index (χ1v) is 9.21. The van der Waals surface area contributed by atoms with Crippen molar-refractivity contribution in [1.82, 2.24) is 9.97 Å². The molecule has 2 aromatic carbocycles. The highest BCUT2D eigenvalue weighted by Gasteiger charge is 2.10. The number of anilines is 3. The molecule has 5 heteroatoms. The van der Waals surface area contributed by atoms with E-state index >= 15 is 0 Å². The number of hydrogen-bond donors (Lipinski definition) is 2. The molecule has 5 nitrogen and oxygen atoms in total. The Morgan fingerprint density at radius 3 is 2.33 bits per heavy atom. The second-order valence-corrected chi connectivity index (χ2v) is 6.78. The smallest absolute Gasteiger partial charge is 0.225 e. The molecule has 3 rings (SSSR count). The molecule has 0 radical (unpaired) electrons. The van der Waals surface area contributed by atoms with Crippen LogP contribution in [0.1, 0.15) is 38.1 Å². The van der Waals surface area contributed by atoms with Gasteiger partial charge in [0.15, 0.2) is 0 Å². The SMILES string of the molecule is Cc1cc(Nc2ccccc2OC(C)C)nc(NC(C)c2ccccc2)n1. The van der Waals surface area contributed by atoms with Crippen LogP contribution in [0, 0.1) is 6.92 Å². The monoisotopic (exact) mass is 362 g/mol. The lowest BCUT2D eigenvalue weighted by Gasteiger charge is -2.17. The van der Waals surface area contributed by atoms with Crippen LogP contribution in [0.3, 0.4) is 0 Å². The molecule has 27 heavy (non-hydrogen) atoms. The van der Waals surface area contributed by atoms with Crippen LogP contribution in [0.5, 0.6) is 5.75 Å². The highest BCUT2D eigenvalue weighted by atomic mass is 16.5. The minimum atomic E-state index is 0.101. The minimum Gasteiger partial charge on any atom is -0.489 e. The van der Waals surface area contributed by atoms with E-state index in [1.807, 2.05) is 69.3 Å². The van der Waals surface area contributed by atoms with E-state index in [4.69, 9.17) is 4.74 Å². The molecule has 0 spiro atoms. The Hall–Kier alpha value is -3.08. The third-order valence-corrected chi connectivity index (χ3v) is 4.01. The van der Waals surface area contributed by atoms with Crippen molar-refractivity contribution in [3.05, 3.63) is 71.9 Å². The zero-order valence-electron chi connectivity index (χ0n) is 16.2. The number of benzene rings is 2. The van der Waals surface area contributed by atoms with Crippen LogP contribution in [0.15, 0.2) is 60.7 Å². The maximum Gasteiger partial charge on any atom is 0.225 e. The number of nitrogens with one attached hydrogen (secondary N) is 2. The van der Waals surface area contributed by atoms with Crippen LogP contribution in [-0.2, 0) is 0 Å². The summed E-state index contributed by atoms with van der Waals surface area (Å²) in [4.78, 5) is 9.14. The summed E-state index contributed by atoms with van der Waals surface area (Å²) in [6.07, 6.45) is 0.101. The van der Waals surface area contributed by atoms with E-state index < -0.39 is 0 Å². The predicted octanol–water partition coefficient (Wildman–Crippen LogP) is 5.49. The Bertz CT molecular complexity index is 880. The van der Waals surface area contributed by atoms with Gasteiger partial charge in [-0.2, -0.15) is 4.98 Å². The van der Waals surface area contributed by atoms with Crippen molar-refractivity contribution >= 4 is 17.5 Å². The Morgan fingerprint density at radius 1 is 0.889 bits per heavy atom. The molecule has 1 atom stereocenters. The second kappa shape index (κ2) is 8.54. The molecule has 0 fully saturated rings. The highest BCUT2D eigenvalue weighted by molar-refractivity contribution is 5.64. The first-order valence-electron chi connectivity index (χ1n) is 9.21. The van der Waals surface area contributed by atoms with Crippen LogP contribution in [0.4, 0.5) is 17.5 Å². The van der Waals surface area contributed by atoms with Crippen LogP contribution in [0.25, 0.3) is 0 Å². The van der Waals surface area contributed by atoms with E-state index in [0.717, 1.165) is 22.9 Å². The lowest BCUT2D eigenvalue weighted by Crippen LogP contribution is -2.11. The topological polar surface area (TPSA) is 59.1 Å². The number of aryl methyl sites for hydroxylation is 1. The van der Waals surface area contributed by atoms with Gasteiger partial charge in [0.25, 0.3) is 0 Å². The summed E-state index contributed by atoms with van der Waals surface area (Å²) >= 11 is 0. The molecular formula is C22H26N4O. The number of aromatic nitrogens is 2. The summed E-state index contributed by atoms with van der Waals surface area (Å²) in [5, 5.41) is 6.73. The van der Waals surface area contributed by atoms with Gasteiger partial charge in [-0.05, 0) is 45.4 Å². The summed E-state index contributed by atoms with van der Waals surface area (Å²) in [7, 11) is 0. The zero-order valence-corrected chi connectivity index (χ0v) is 16.2. The number of hydrogen-bond acceptors (Lipinski definition) is 5. The first-order chi connectivity index (χ1) is 13.0. The number of nitrogens with zero attached hydrogens (tertiary/aromatic N) is 2.